The van der Waals surface area contributed by atoms with Crippen molar-refractivity contribution in [2.45, 2.75) is 31.7 Å². The largest absolute Gasteiger partial charge is 0.309 e. The summed E-state index contributed by atoms with van der Waals surface area (Å²) in [6, 6.07) is 0.200. The standard InChI is InChI=1S/C11H22N2O/c1-12(2)7-5-9-13-8-4-3-6-11(13)10-14/h10-11H,3-9H2,1-2H3. The highest BCUT2D eigenvalue weighted by Gasteiger charge is 2.20. The highest BCUT2D eigenvalue weighted by atomic mass is 16.1. The summed E-state index contributed by atoms with van der Waals surface area (Å²) in [6.07, 6.45) is 5.82. The fourth-order valence-electron chi connectivity index (χ4n) is 2.04. The quantitative estimate of drug-likeness (QED) is 0.616. The maximum Gasteiger partial charge on any atom is 0.137 e. The summed E-state index contributed by atoms with van der Waals surface area (Å²) in [5.74, 6) is 0. The summed E-state index contributed by atoms with van der Waals surface area (Å²) >= 11 is 0. The van der Waals surface area contributed by atoms with Crippen molar-refractivity contribution in [2.75, 3.05) is 33.7 Å². The fraction of sp³-hybridized carbons (Fsp3) is 0.909. The van der Waals surface area contributed by atoms with Gasteiger partial charge in [-0.15, -0.1) is 0 Å². The molecule has 0 amide bonds. The van der Waals surface area contributed by atoms with Crippen LogP contribution < -0.4 is 0 Å². The Labute approximate surface area is 87.1 Å². The van der Waals surface area contributed by atoms with E-state index >= 15 is 0 Å². The van der Waals surface area contributed by atoms with Crippen LogP contribution >= 0.6 is 0 Å². The fourth-order valence-corrected chi connectivity index (χ4v) is 2.04. The van der Waals surface area contributed by atoms with Gasteiger partial charge in [-0.2, -0.15) is 0 Å². The van der Waals surface area contributed by atoms with E-state index in [1.54, 1.807) is 0 Å². The van der Waals surface area contributed by atoms with Crippen molar-refractivity contribution >= 4 is 6.29 Å². The molecule has 0 bridgehead atoms. The molecule has 1 aliphatic rings. The number of rotatable bonds is 5. The minimum absolute atomic E-state index is 0.200. The molecule has 14 heavy (non-hydrogen) atoms. The third kappa shape index (κ3) is 3.76. The minimum atomic E-state index is 0.200. The molecular formula is C11H22N2O. The molecule has 1 heterocycles. The molecule has 1 saturated heterocycles. The Hall–Kier alpha value is -0.410. The molecule has 1 atom stereocenters. The molecule has 3 heteroatoms. The summed E-state index contributed by atoms with van der Waals surface area (Å²) in [6.45, 7) is 3.29. The van der Waals surface area contributed by atoms with Gasteiger partial charge in [-0.25, -0.2) is 0 Å². The zero-order valence-electron chi connectivity index (χ0n) is 9.41. The monoisotopic (exact) mass is 198 g/mol. The zero-order valence-corrected chi connectivity index (χ0v) is 9.41. The second kappa shape index (κ2) is 6.14. The predicted molar refractivity (Wildman–Crippen MR) is 58.4 cm³/mol. The lowest BCUT2D eigenvalue weighted by molar-refractivity contribution is -0.113. The normalized spacial score (nSPS) is 24.1. The summed E-state index contributed by atoms with van der Waals surface area (Å²) in [5, 5.41) is 0. The third-order valence-corrected chi connectivity index (χ3v) is 2.87. The van der Waals surface area contributed by atoms with Gasteiger partial charge in [-0.05, 0) is 46.4 Å². The smallest absolute Gasteiger partial charge is 0.137 e. The number of aldehydes is 1. The first-order valence-electron chi connectivity index (χ1n) is 5.58. The Balaban J connectivity index is 2.23. The van der Waals surface area contributed by atoms with Crippen LogP contribution in [0.1, 0.15) is 25.7 Å². The minimum Gasteiger partial charge on any atom is -0.309 e. The molecule has 0 aromatic rings. The van der Waals surface area contributed by atoms with Crippen LogP contribution in [0.4, 0.5) is 0 Å². The maximum atomic E-state index is 10.8. The summed E-state index contributed by atoms with van der Waals surface area (Å²) in [4.78, 5) is 15.3. The predicted octanol–water partition coefficient (Wildman–Crippen LogP) is 0.991. The van der Waals surface area contributed by atoms with E-state index in [1.807, 2.05) is 0 Å². The van der Waals surface area contributed by atoms with Crippen molar-refractivity contribution in [2.24, 2.45) is 0 Å². The van der Waals surface area contributed by atoms with Crippen molar-refractivity contribution < 1.29 is 4.79 Å². The van der Waals surface area contributed by atoms with E-state index in [0.717, 1.165) is 38.8 Å². The Bertz CT molecular complexity index is 171. The van der Waals surface area contributed by atoms with Gasteiger partial charge >= 0.3 is 0 Å². The van der Waals surface area contributed by atoms with Crippen molar-refractivity contribution in [3.8, 4) is 0 Å². The van der Waals surface area contributed by atoms with Crippen molar-refractivity contribution in [1.82, 2.24) is 9.80 Å². The lowest BCUT2D eigenvalue weighted by Crippen LogP contribution is -2.41. The topological polar surface area (TPSA) is 23.6 Å². The van der Waals surface area contributed by atoms with E-state index < -0.39 is 0 Å². The highest BCUT2D eigenvalue weighted by Crippen LogP contribution is 2.15. The van der Waals surface area contributed by atoms with Crippen LogP contribution in [0.25, 0.3) is 0 Å². The molecule has 3 nitrogen and oxygen atoms in total. The average Bonchev–Trinajstić information content (AvgIpc) is 2.18. The second-order valence-corrected chi connectivity index (χ2v) is 4.39. The van der Waals surface area contributed by atoms with E-state index in [4.69, 9.17) is 0 Å². The Morgan fingerprint density at radius 3 is 2.86 bits per heavy atom. The van der Waals surface area contributed by atoms with Crippen LogP contribution in [0, 0.1) is 0 Å². The van der Waals surface area contributed by atoms with E-state index in [2.05, 4.69) is 23.9 Å². The van der Waals surface area contributed by atoms with Crippen LogP contribution in [-0.2, 0) is 4.79 Å². The van der Waals surface area contributed by atoms with Gasteiger partial charge in [0.2, 0.25) is 0 Å². The first-order chi connectivity index (χ1) is 6.74. The number of hydrogen-bond acceptors (Lipinski definition) is 3. The number of carbonyl (C=O) groups excluding carboxylic acids is 1. The first-order valence-corrected chi connectivity index (χ1v) is 5.58. The number of carbonyl (C=O) groups is 1. The highest BCUT2D eigenvalue weighted by molar-refractivity contribution is 5.57. The van der Waals surface area contributed by atoms with E-state index in [0.29, 0.717) is 0 Å². The molecule has 1 rings (SSSR count). The van der Waals surface area contributed by atoms with Crippen molar-refractivity contribution in [3.05, 3.63) is 0 Å². The lowest BCUT2D eigenvalue weighted by atomic mass is 10.0. The molecule has 1 fully saturated rings. The molecule has 0 N–H and O–H groups in total. The van der Waals surface area contributed by atoms with Gasteiger partial charge in [0.05, 0.1) is 6.04 Å². The SMILES string of the molecule is CN(C)CCCN1CCCCC1C=O. The molecule has 0 spiro atoms. The van der Waals surface area contributed by atoms with Crippen LogP contribution in [0.15, 0.2) is 0 Å². The van der Waals surface area contributed by atoms with Crippen LogP contribution in [0.3, 0.4) is 0 Å². The Morgan fingerprint density at radius 2 is 2.21 bits per heavy atom. The summed E-state index contributed by atoms with van der Waals surface area (Å²) in [5.41, 5.74) is 0. The molecule has 1 aliphatic heterocycles. The lowest BCUT2D eigenvalue weighted by Gasteiger charge is -2.32. The van der Waals surface area contributed by atoms with Gasteiger partial charge < -0.3 is 9.69 Å². The van der Waals surface area contributed by atoms with Gasteiger partial charge in [0.15, 0.2) is 0 Å². The van der Waals surface area contributed by atoms with Gasteiger partial charge in [0.25, 0.3) is 0 Å². The molecule has 1 unspecified atom stereocenters. The molecule has 0 aliphatic carbocycles. The Morgan fingerprint density at radius 1 is 1.43 bits per heavy atom. The summed E-state index contributed by atoms with van der Waals surface area (Å²) in [7, 11) is 4.18. The first kappa shape index (κ1) is 11.7. The molecule has 0 aromatic heterocycles. The van der Waals surface area contributed by atoms with E-state index in [-0.39, 0.29) is 6.04 Å². The van der Waals surface area contributed by atoms with Gasteiger partial charge in [0, 0.05) is 6.54 Å². The number of piperidine rings is 1. The van der Waals surface area contributed by atoms with Crippen molar-refractivity contribution in [3.63, 3.8) is 0 Å². The van der Waals surface area contributed by atoms with Crippen LogP contribution in [-0.4, -0.2) is 55.9 Å². The number of hydrogen-bond donors (Lipinski definition) is 0. The van der Waals surface area contributed by atoms with E-state index in [9.17, 15) is 4.79 Å². The van der Waals surface area contributed by atoms with E-state index in [1.165, 1.54) is 12.8 Å². The van der Waals surface area contributed by atoms with Crippen LogP contribution in [0.2, 0.25) is 0 Å². The van der Waals surface area contributed by atoms with Gasteiger partial charge in [0.1, 0.15) is 6.29 Å². The molecule has 0 saturated carbocycles. The van der Waals surface area contributed by atoms with Gasteiger partial charge in [-0.1, -0.05) is 6.42 Å². The molecular weight excluding hydrogens is 176 g/mol. The number of nitrogens with zero attached hydrogens (tertiary/aromatic N) is 2. The molecule has 0 aromatic carbocycles. The average molecular weight is 198 g/mol. The van der Waals surface area contributed by atoms with Gasteiger partial charge in [-0.3, -0.25) is 4.90 Å². The summed E-state index contributed by atoms with van der Waals surface area (Å²) < 4.78 is 0. The second-order valence-electron chi connectivity index (χ2n) is 4.39. The molecule has 0 radical (unpaired) electrons. The van der Waals surface area contributed by atoms with Crippen molar-refractivity contribution in [1.29, 1.82) is 0 Å². The third-order valence-electron chi connectivity index (χ3n) is 2.87. The molecule has 82 valence electrons. The zero-order chi connectivity index (χ0) is 10.4. The Kier molecular flexibility index (Phi) is 5.12. The number of likely N-dealkylation sites (tertiary alicyclic amines) is 1. The maximum absolute atomic E-state index is 10.8. The van der Waals surface area contributed by atoms with Crippen LogP contribution in [0.5, 0.6) is 0 Å².